The van der Waals surface area contributed by atoms with Crippen LogP contribution in [0.15, 0.2) is 59.7 Å². The summed E-state index contributed by atoms with van der Waals surface area (Å²) in [7, 11) is 0. The molecule has 5 heterocycles. The van der Waals surface area contributed by atoms with E-state index in [0.717, 1.165) is 16.6 Å². The number of aromatic amines is 2. The molecule has 3 N–H and O–H groups in total. The number of imidazole rings is 1. The molecule has 0 saturated carbocycles. The van der Waals surface area contributed by atoms with Crippen molar-refractivity contribution in [1.82, 2.24) is 30.1 Å². The first-order valence-corrected chi connectivity index (χ1v) is 12.7. The summed E-state index contributed by atoms with van der Waals surface area (Å²) in [6.07, 6.45) is 5.24. The number of amides is 1. The molecule has 184 valence electrons. The highest BCUT2D eigenvalue weighted by Crippen LogP contribution is 2.34. The molecule has 1 amide bonds. The average Bonchev–Trinajstić information content (AvgIpc) is 3.62. The van der Waals surface area contributed by atoms with E-state index in [1.807, 2.05) is 31.4 Å². The molecular formula is C27H22FN7OS. The van der Waals surface area contributed by atoms with Crippen molar-refractivity contribution < 1.29 is 9.18 Å². The summed E-state index contributed by atoms with van der Waals surface area (Å²) in [4.78, 5) is 28.9. The Hall–Kier alpha value is -4.44. The Labute approximate surface area is 215 Å². The molecule has 10 heteroatoms. The van der Waals surface area contributed by atoms with E-state index in [-0.39, 0.29) is 11.8 Å². The molecule has 0 radical (unpaired) electrons. The Morgan fingerprint density at radius 1 is 1.14 bits per heavy atom. The molecule has 5 aromatic heterocycles. The van der Waals surface area contributed by atoms with Gasteiger partial charge in [0, 0.05) is 47.0 Å². The maximum atomic E-state index is 15.2. The largest absolute Gasteiger partial charge is 0.335 e. The summed E-state index contributed by atoms with van der Waals surface area (Å²) in [5.74, 6) is 0.218. The number of benzene rings is 1. The van der Waals surface area contributed by atoms with Crippen LogP contribution in [-0.2, 0) is 4.79 Å². The molecule has 1 aromatic carbocycles. The van der Waals surface area contributed by atoms with Crippen molar-refractivity contribution in [2.45, 2.75) is 20.3 Å². The number of H-pyrrole nitrogens is 2. The number of rotatable bonds is 6. The summed E-state index contributed by atoms with van der Waals surface area (Å²) in [6, 6.07) is 8.84. The van der Waals surface area contributed by atoms with Gasteiger partial charge in [0.05, 0.1) is 22.9 Å². The van der Waals surface area contributed by atoms with Crippen molar-refractivity contribution in [3.05, 3.63) is 65.5 Å². The molecule has 0 aliphatic carbocycles. The molecule has 0 aliphatic heterocycles. The van der Waals surface area contributed by atoms with Gasteiger partial charge in [-0.05, 0) is 46.5 Å². The number of pyridine rings is 2. The molecule has 0 saturated heterocycles. The fourth-order valence-corrected chi connectivity index (χ4v) is 5.02. The smallest absolute Gasteiger partial charge is 0.224 e. The van der Waals surface area contributed by atoms with Crippen LogP contribution in [0.5, 0.6) is 0 Å². The third kappa shape index (κ3) is 4.36. The van der Waals surface area contributed by atoms with E-state index >= 15 is 4.39 Å². The number of hydrogen-bond acceptors (Lipinski definition) is 6. The second-order valence-corrected chi connectivity index (χ2v) is 9.99. The number of thiophene rings is 1. The highest BCUT2D eigenvalue weighted by molar-refractivity contribution is 7.08. The summed E-state index contributed by atoms with van der Waals surface area (Å²) in [6.45, 7) is 3.95. The van der Waals surface area contributed by atoms with Gasteiger partial charge in [-0.15, -0.1) is 0 Å². The van der Waals surface area contributed by atoms with Gasteiger partial charge in [-0.1, -0.05) is 13.8 Å². The second kappa shape index (κ2) is 9.21. The molecule has 37 heavy (non-hydrogen) atoms. The first kappa shape index (κ1) is 23.0. The van der Waals surface area contributed by atoms with E-state index in [0.29, 0.717) is 51.3 Å². The Morgan fingerprint density at radius 3 is 2.84 bits per heavy atom. The molecule has 0 bridgehead atoms. The van der Waals surface area contributed by atoms with Gasteiger partial charge in [0.25, 0.3) is 0 Å². The number of aromatic nitrogens is 6. The summed E-state index contributed by atoms with van der Waals surface area (Å²) in [5.41, 5.74) is 5.96. The molecular weight excluding hydrogens is 489 g/mol. The molecule has 0 aliphatic rings. The van der Waals surface area contributed by atoms with Gasteiger partial charge in [0.15, 0.2) is 11.5 Å². The maximum absolute atomic E-state index is 15.2. The molecule has 6 aromatic rings. The Kier molecular flexibility index (Phi) is 5.72. The van der Waals surface area contributed by atoms with Gasteiger partial charge in [-0.25, -0.2) is 14.4 Å². The predicted molar refractivity (Wildman–Crippen MR) is 144 cm³/mol. The topological polar surface area (TPSA) is 112 Å². The summed E-state index contributed by atoms with van der Waals surface area (Å²) in [5, 5.41) is 15.0. The van der Waals surface area contributed by atoms with Crippen LogP contribution >= 0.6 is 11.3 Å². The second-order valence-electron chi connectivity index (χ2n) is 9.21. The number of carbonyl (C=O) groups excluding carboxylic acids is 1. The van der Waals surface area contributed by atoms with Crippen LogP contribution in [0.2, 0.25) is 0 Å². The van der Waals surface area contributed by atoms with E-state index in [1.54, 1.807) is 42.1 Å². The minimum atomic E-state index is -0.429. The standard InChI is InChI=1S/C27H22FN7OS/c1-14(2)7-23(36)31-17-8-16(11-29-12-17)19-9-20-22(10-21(19)28)34-35-25(20)27-32-24-18(15-4-6-37-13-15)3-5-30-26(24)33-27/h3-6,8-14H,7H2,1-2H3,(H,31,36)(H,34,35)(H,30,32,33). The van der Waals surface area contributed by atoms with Gasteiger partial charge >= 0.3 is 0 Å². The Balaban J connectivity index is 1.41. The Morgan fingerprint density at radius 2 is 2.03 bits per heavy atom. The minimum Gasteiger partial charge on any atom is -0.335 e. The van der Waals surface area contributed by atoms with E-state index in [2.05, 4.69) is 40.8 Å². The number of hydrogen-bond donors (Lipinski definition) is 3. The highest BCUT2D eigenvalue weighted by Gasteiger charge is 2.18. The first-order chi connectivity index (χ1) is 18.0. The van der Waals surface area contributed by atoms with Gasteiger partial charge < -0.3 is 10.3 Å². The highest BCUT2D eigenvalue weighted by atomic mass is 32.1. The van der Waals surface area contributed by atoms with Crippen molar-refractivity contribution in [2.75, 3.05) is 5.32 Å². The lowest BCUT2D eigenvalue weighted by Crippen LogP contribution is -2.14. The molecule has 6 rings (SSSR count). The predicted octanol–water partition coefficient (Wildman–Crippen LogP) is 6.42. The number of carbonyl (C=O) groups is 1. The molecule has 0 unspecified atom stereocenters. The lowest BCUT2D eigenvalue weighted by Gasteiger charge is -2.09. The van der Waals surface area contributed by atoms with E-state index in [1.165, 1.54) is 6.07 Å². The van der Waals surface area contributed by atoms with Crippen molar-refractivity contribution in [3.63, 3.8) is 0 Å². The normalized spacial score (nSPS) is 11.6. The van der Waals surface area contributed by atoms with Crippen LogP contribution in [0.1, 0.15) is 20.3 Å². The quantitative estimate of drug-likeness (QED) is 0.239. The lowest BCUT2D eigenvalue weighted by atomic mass is 10.0. The third-order valence-electron chi connectivity index (χ3n) is 6.03. The number of halogens is 1. The first-order valence-electron chi connectivity index (χ1n) is 11.8. The number of nitrogens with zero attached hydrogens (tertiary/aromatic N) is 4. The van der Waals surface area contributed by atoms with Crippen molar-refractivity contribution in [1.29, 1.82) is 0 Å². The SMILES string of the molecule is CC(C)CC(=O)Nc1cncc(-c2cc3c(-c4nc5nccc(-c6ccsc6)c5[nH]4)n[nH]c3cc2F)c1. The summed E-state index contributed by atoms with van der Waals surface area (Å²) < 4.78 is 15.2. The summed E-state index contributed by atoms with van der Waals surface area (Å²) >= 11 is 1.62. The molecule has 8 nitrogen and oxygen atoms in total. The average molecular weight is 512 g/mol. The van der Waals surface area contributed by atoms with Gasteiger partial charge in [0.1, 0.15) is 11.5 Å². The van der Waals surface area contributed by atoms with Gasteiger partial charge in [0.2, 0.25) is 5.91 Å². The zero-order valence-corrected chi connectivity index (χ0v) is 20.9. The number of fused-ring (bicyclic) bond motifs is 2. The van der Waals surface area contributed by atoms with Gasteiger partial charge in [-0.3, -0.25) is 14.9 Å². The van der Waals surface area contributed by atoms with E-state index in [4.69, 9.17) is 0 Å². The van der Waals surface area contributed by atoms with Crippen molar-refractivity contribution in [2.24, 2.45) is 5.92 Å². The number of nitrogens with one attached hydrogen (secondary N) is 3. The van der Waals surface area contributed by atoms with Gasteiger partial charge in [-0.2, -0.15) is 16.4 Å². The van der Waals surface area contributed by atoms with Crippen LogP contribution in [0.25, 0.3) is 55.8 Å². The van der Waals surface area contributed by atoms with E-state index in [9.17, 15) is 4.79 Å². The fraction of sp³-hybridized carbons (Fsp3) is 0.148. The minimum absolute atomic E-state index is 0.109. The van der Waals surface area contributed by atoms with Crippen molar-refractivity contribution in [3.8, 4) is 33.8 Å². The third-order valence-corrected chi connectivity index (χ3v) is 6.71. The molecule has 0 spiro atoms. The lowest BCUT2D eigenvalue weighted by molar-refractivity contribution is -0.116. The van der Waals surface area contributed by atoms with Crippen LogP contribution in [-0.4, -0.2) is 36.0 Å². The van der Waals surface area contributed by atoms with Crippen LogP contribution < -0.4 is 5.32 Å². The maximum Gasteiger partial charge on any atom is 0.224 e. The molecule has 0 atom stereocenters. The number of anilines is 1. The van der Waals surface area contributed by atoms with Crippen molar-refractivity contribution >= 4 is 45.0 Å². The van der Waals surface area contributed by atoms with E-state index < -0.39 is 5.82 Å². The van der Waals surface area contributed by atoms with Crippen LogP contribution in [0, 0.1) is 11.7 Å². The fourth-order valence-electron chi connectivity index (χ4n) is 4.36. The molecule has 0 fully saturated rings. The van der Waals surface area contributed by atoms with Crippen LogP contribution in [0.4, 0.5) is 10.1 Å². The zero-order valence-electron chi connectivity index (χ0n) is 20.0. The Bertz CT molecular complexity index is 1750. The monoisotopic (exact) mass is 511 g/mol. The zero-order chi connectivity index (χ0) is 25.5. The van der Waals surface area contributed by atoms with Crippen LogP contribution in [0.3, 0.4) is 0 Å².